The maximum Gasteiger partial charge on any atom is 0.293 e. The van der Waals surface area contributed by atoms with E-state index in [-0.39, 0.29) is 5.91 Å². The van der Waals surface area contributed by atoms with Gasteiger partial charge in [0.15, 0.2) is 5.69 Å². The average molecular weight is 386 g/mol. The average Bonchev–Trinajstić information content (AvgIpc) is 2.68. The van der Waals surface area contributed by atoms with Crippen LogP contribution >= 0.6 is 31.9 Å². The number of aryl methyl sites for hydroxylation is 1. The second-order valence-corrected chi connectivity index (χ2v) is 5.52. The summed E-state index contributed by atoms with van der Waals surface area (Å²) < 4.78 is 3.14. The Bertz CT molecular complexity index is 636. The van der Waals surface area contributed by atoms with E-state index in [0.29, 0.717) is 10.2 Å². The Kier molecular flexibility index (Phi) is 4.49. The van der Waals surface area contributed by atoms with Crippen LogP contribution in [0.4, 0.5) is 0 Å². The van der Waals surface area contributed by atoms with Crippen LogP contribution < -0.4 is 5.43 Å². The first kappa shape index (κ1) is 14.0. The van der Waals surface area contributed by atoms with Gasteiger partial charge >= 0.3 is 0 Å². The van der Waals surface area contributed by atoms with Gasteiger partial charge < -0.3 is 0 Å². The summed E-state index contributed by atoms with van der Waals surface area (Å²) in [6.45, 7) is 0. The highest BCUT2D eigenvalue weighted by atomic mass is 79.9. The van der Waals surface area contributed by atoms with Crippen molar-refractivity contribution in [3.05, 3.63) is 50.7 Å². The smallest absolute Gasteiger partial charge is 0.274 e. The lowest BCUT2D eigenvalue weighted by molar-refractivity contribution is 0.0948. The molecule has 5 nitrogen and oxygen atoms in total. The van der Waals surface area contributed by atoms with Crippen LogP contribution in [0.1, 0.15) is 16.1 Å². The molecule has 1 N–H and O–H groups in total. The Morgan fingerprint density at radius 3 is 2.89 bits per heavy atom. The van der Waals surface area contributed by atoms with Gasteiger partial charge in [-0.2, -0.15) is 10.2 Å². The van der Waals surface area contributed by atoms with Gasteiger partial charge in [-0.1, -0.05) is 28.1 Å². The van der Waals surface area contributed by atoms with Crippen LogP contribution in [0.15, 0.2) is 44.5 Å². The van der Waals surface area contributed by atoms with Gasteiger partial charge in [-0.25, -0.2) is 5.43 Å². The van der Waals surface area contributed by atoms with E-state index in [1.165, 1.54) is 0 Å². The minimum atomic E-state index is -0.362. The summed E-state index contributed by atoms with van der Waals surface area (Å²) in [6, 6.07) is 7.59. The molecule has 1 aromatic carbocycles. The van der Waals surface area contributed by atoms with E-state index in [4.69, 9.17) is 0 Å². The van der Waals surface area contributed by atoms with Crippen molar-refractivity contribution < 1.29 is 4.79 Å². The molecule has 0 unspecified atom stereocenters. The molecule has 7 heteroatoms. The first-order chi connectivity index (χ1) is 9.06. The number of nitrogens with one attached hydrogen (secondary N) is 1. The highest BCUT2D eigenvalue weighted by Gasteiger charge is 2.13. The van der Waals surface area contributed by atoms with E-state index in [2.05, 4.69) is 47.5 Å². The molecule has 0 saturated carbocycles. The van der Waals surface area contributed by atoms with Crippen molar-refractivity contribution in [1.29, 1.82) is 0 Å². The Balaban J connectivity index is 2.03. The topological polar surface area (TPSA) is 59.3 Å². The standard InChI is InChI=1S/C12H10Br2N4O/c1-18-7-10(14)11(17-18)12(19)16-15-6-8-3-2-4-9(13)5-8/h2-7H,1H3,(H,16,19). The van der Waals surface area contributed by atoms with E-state index in [1.807, 2.05) is 24.3 Å². The molecule has 19 heavy (non-hydrogen) atoms. The molecule has 0 bridgehead atoms. The fraction of sp³-hybridized carbons (Fsp3) is 0.0833. The van der Waals surface area contributed by atoms with Crippen molar-refractivity contribution in [1.82, 2.24) is 15.2 Å². The SMILES string of the molecule is Cn1cc(Br)c(C(=O)NN=Cc2cccc(Br)c2)n1. The lowest BCUT2D eigenvalue weighted by Crippen LogP contribution is -2.18. The Morgan fingerprint density at radius 1 is 1.47 bits per heavy atom. The second kappa shape index (κ2) is 6.12. The van der Waals surface area contributed by atoms with Crippen LogP contribution in [-0.4, -0.2) is 21.9 Å². The van der Waals surface area contributed by atoms with Crippen LogP contribution in [0.2, 0.25) is 0 Å². The van der Waals surface area contributed by atoms with Crippen molar-refractivity contribution >= 4 is 44.0 Å². The number of hydrogen-bond acceptors (Lipinski definition) is 3. The van der Waals surface area contributed by atoms with Gasteiger partial charge in [-0.3, -0.25) is 9.48 Å². The molecule has 0 radical (unpaired) electrons. The highest BCUT2D eigenvalue weighted by Crippen LogP contribution is 2.13. The predicted octanol–water partition coefficient (Wildman–Crippen LogP) is 2.71. The normalized spacial score (nSPS) is 10.9. The maximum absolute atomic E-state index is 11.8. The van der Waals surface area contributed by atoms with Gasteiger partial charge in [0, 0.05) is 17.7 Å². The van der Waals surface area contributed by atoms with Crippen LogP contribution in [0.25, 0.3) is 0 Å². The zero-order valence-electron chi connectivity index (χ0n) is 9.97. The van der Waals surface area contributed by atoms with E-state index >= 15 is 0 Å². The highest BCUT2D eigenvalue weighted by molar-refractivity contribution is 9.10. The number of amides is 1. The molecule has 0 aliphatic heterocycles. The summed E-state index contributed by atoms with van der Waals surface area (Å²) in [6.07, 6.45) is 3.27. The third-order valence-electron chi connectivity index (χ3n) is 2.23. The fourth-order valence-corrected chi connectivity index (χ4v) is 2.39. The Labute approximate surface area is 127 Å². The monoisotopic (exact) mass is 384 g/mol. The zero-order valence-corrected chi connectivity index (χ0v) is 13.1. The maximum atomic E-state index is 11.8. The summed E-state index contributed by atoms with van der Waals surface area (Å²) in [5, 5.41) is 7.92. The molecule has 0 spiro atoms. The van der Waals surface area contributed by atoms with Gasteiger partial charge in [-0.05, 0) is 33.6 Å². The number of benzene rings is 1. The summed E-state index contributed by atoms with van der Waals surface area (Å²) >= 11 is 6.63. The van der Waals surface area contributed by atoms with Crippen molar-refractivity contribution in [3.8, 4) is 0 Å². The zero-order chi connectivity index (χ0) is 13.8. The number of rotatable bonds is 3. The minimum Gasteiger partial charge on any atom is -0.274 e. The molecule has 98 valence electrons. The largest absolute Gasteiger partial charge is 0.293 e. The molecule has 0 aliphatic carbocycles. The molecule has 1 amide bonds. The number of halogens is 2. The second-order valence-electron chi connectivity index (χ2n) is 3.75. The van der Waals surface area contributed by atoms with Gasteiger partial charge in [0.25, 0.3) is 5.91 Å². The van der Waals surface area contributed by atoms with Crippen LogP contribution in [0, 0.1) is 0 Å². The van der Waals surface area contributed by atoms with Crippen LogP contribution in [-0.2, 0) is 7.05 Å². The van der Waals surface area contributed by atoms with Crippen molar-refractivity contribution in [2.24, 2.45) is 12.1 Å². The number of aromatic nitrogens is 2. The molecule has 2 aromatic rings. The van der Waals surface area contributed by atoms with E-state index in [0.717, 1.165) is 10.0 Å². The molecular formula is C12H10Br2N4O. The van der Waals surface area contributed by atoms with Crippen molar-refractivity contribution in [2.45, 2.75) is 0 Å². The molecular weight excluding hydrogens is 376 g/mol. The Morgan fingerprint density at radius 2 is 2.26 bits per heavy atom. The fourth-order valence-electron chi connectivity index (χ4n) is 1.42. The molecule has 0 fully saturated rings. The Hall–Kier alpha value is -1.47. The van der Waals surface area contributed by atoms with E-state index < -0.39 is 0 Å². The number of nitrogens with zero attached hydrogens (tertiary/aromatic N) is 3. The first-order valence-corrected chi connectivity index (χ1v) is 6.93. The predicted molar refractivity (Wildman–Crippen MR) is 80.1 cm³/mol. The van der Waals surface area contributed by atoms with Crippen molar-refractivity contribution in [3.63, 3.8) is 0 Å². The number of hydrogen-bond donors (Lipinski definition) is 1. The summed E-state index contributed by atoms with van der Waals surface area (Å²) in [5.74, 6) is -0.362. The van der Waals surface area contributed by atoms with Crippen LogP contribution in [0.5, 0.6) is 0 Å². The summed E-state index contributed by atoms with van der Waals surface area (Å²) in [7, 11) is 1.74. The van der Waals surface area contributed by atoms with Gasteiger partial charge in [-0.15, -0.1) is 0 Å². The number of hydrazone groups is 1. The molecule has 0 atom stereocenters. The lowest BCUT2D eigenvalue weighted by Gasteiger charge is -1.97. The summed E-state index contributed by atoms with van der Waals surface area (Å²) in [4.78, 5) is 11.8. The summed E-state index contributed by atoms with van der Waals surface area (Å²) in [5.41, 5.74) is 3.61. The van der Waals surface area contributed by atoms with Gasteiger partial charge in [0.1, 0.15) is 0 Å². The molecule has 1 aromatic heterocycles. The quantitative estimate of drug-likeness (QED) is 0.652. The van der Waals surface area contributed by atoms with Crippen LogP contribution in [0.3, 0.4) is 0 Å². The lowest BCUT2D eigenvalue weighted by atomic mass is 10.2. The molecule has 0 saturated heterocycles. The van der Waals surface area contributed by atoms with Crippen molar-refractivity contribution in [2.75, 3.05) is 0 Å². The minimum absolute atomic E-state index is 0.300. The van der Waals surface area contributed by atoms with E-state index in [9.17, 15) is 4.79 Å². The van der Waals surface area contributed by atoms with E-state index in [1.54, 1.807) is 24.1 Å². The number of carbonyl (C=O) groups excluding carboxylic acids is 1. The first-order valence-electron chi connectivity index (χ1n) is 5.34. The number of carbonyl (C=O) groups is 1. The third kappa shape index (κ3) is 3.74. The molecule has 0 aliphatic rings. The third-order valence-corrected chi connectivity index (χ3v) is 3.30. The molecule has 2 rings (SSSR count). The molecule has 1 heterocycles. The van der Waals surface area contributed by atoms with Gasteiger partial charge in [0.05, 0.1) is 10.7 Å². The van der Waals surface area contributed by atoms with Gasteiger partial charge in [0.2, 0.25) is 0 Å².